The fraction of sp³-hybridized carbons (Fsp3) is 0.0667. The highest BCUT2D eigenvalue weighted by Crippen LogP contribution is 2.15. The molecule has 1 N–H and O–H groups in total. The molecular formula is C15H13NO3. The lowest BCUT2D eigenvalue weighted by molar-refractivity contribution is 0.0686. The fourth-order valence-corrected chi connectivity index (χ4v) is 1.55. The van der Waals surface area contributed by atoms with Crippen molar-refractivity contribution in [1.82, 2.24) is 4.98 Å². The van der Waals surface area contributed by atoms with Crippen LogP contribution in [0.25, 0.3) is 6.08 Å². The summed E-state index contributed by atoms with van der Waals surface area (Å²) < 4.78 is 5.39. The molecule has 0 radical (unpaired) electrons. The molecule has 1 aromatic heterocycles. The Morgan fingerprint density at radius 1 is 1.21 bits per heavy atom. The molecule has 0 fully saturated rings. The number of aromatic nitrogens is 1. The lowest BCUT2D eigenvalue weighted by Gasteiger charge is -2.05. The second-order valence-corrected chi connectivity index (χ2v) is 3.78. The van der Waals surface area contributed by atoms with Crippen LogP contribution in [0.15, 0.2) is 54.7 Å². The number of ether oxygens (including phenoxy) is 1. The summed E-state index contributed by atoms with van der Waals surface area (Å²) in [6, 6.07) is 13.0. The molecule has 0 saturated carbocycles. The van der Waals surface area contributed by atoms with Gasteiger partial charge < -0.3 is 9.84 Å². The maximum absolute atomic E-state index is 10.9. The predicted octanol–water partition coefficient (Wildman–Crippen LogP) is 2.87. The van der Waals surface area contributed by atoms with Gasteiger partial charge in [0.2, 0.25) is 0 Å². The summed E-state index contributed by atoms with van der Waals surface area (Å²) in [7, 11) is 0. The SMILES string of the molecule is O=C(O)c1ncccc1OCC=Cc1ccccc1. The summed E-state index contributed by atoms with van der Waals surface area (Å²) in [5, 5.41) is 8.94. The average Bonchev–Trinajstić information content (AvgIpc) is 2.45. The largest absolute Gasteiger partial charge is 0.487 e. The van der Waals surface area contributed by atoms with Crippen molar-refractivity contribution in [2.45, 2.75) is 0 Å². The predicted molar refractivity (Wildman–Crippen MR) is 72.2 cm³/mol. The van der Waals surface area contributed by atoms with Crippen molar-refractivity contribution < 1.29 is 14.6 Å². The Morgan fingerprint density at radius 2 is 2.00 bits per heavy atom. The average molecular weight is 255 g/mol. The molecule has 4 nitrogen and oxygen atoms in total. The smallest absolute Gasteiger partial charge is 0.358 e. The van der Waals surface area contributed by atoms with Crippen LogP contribution in [0.5, 0.6) is 5.75 Å². The first-order valence-electron chi connectivity index (χ1n) is 5.80. The normalized spacial score (nSPS) is 10.5. The summed E-state index contributed by atoms with van der Waals surface area (Å²) in [6.45, 7) is 0.293. The van der Waals surface area contributed by atoms with Gasteiger partial charge in [0.15, 0.2) is 11.4 Å². The lowest BCUT2D eigenvalue weighted by Crippen LogP contribution is -2.05. The molecular weight excluding hydrogens is 242 g/mol. The lowest BCUT2D eigenvalue weighted by atomic mass is 10.2. The Hall–Kier alpha value is -2.62. The Kier molecular flexibility index (Phi) is 4.29. The number of nitrogens with zero attached hydrogens (tertiary/aromatic N) is 1. The van der Waals surface area contributed by atoms with Gasteiger partial charge in [-0.2, -0.15) is 0 Å². The molecule has 1 aromatic carbocycles. The highest BCUT2D eigenvalue weighted by molar-refractivity contribution is 5.88. The second kappa shape index (κ2) is 6.35. The van der Waals surface area contributed by atoms with E-state index in [1.54, 1.807) is 12.1 Å². The Balaban J connectivity index is 1.96. The van der Waals surface area contributed by atoms with Crippen molar-refractivity contribution >= 4 is 12.0 Å². The standard InChI is InChI=1S/C15H13NO3/c17-15(18)14-13(9-4-10-16-14)19-11-5-8-12-6-2-1-3-7-12/h1-10H,11H2,(H,17,18). The van der Waals surface area contributed by atoms with Crippen LogP contribution in [-0.2, 0) is 0 Å². The number of benzene rings is 1. The quantitative estimate of drug-likeness (QED) is 0.892. The summed E-state index contributed by atoms with van der Waals surface area (Å²) in [5.41, 5.74) is 0.992. The molecule has 0 aliphatic rings. The van der Waals surface area contributed by atoms with Crippen molar-refractivity contribution in [1.29, 1.82) is 0 Å². The van der Waals surface area contributed by atoms with Gasteiger partial charge in [-0.05, 0) is 23.8 Å². The highest BCUT2D eigenvalue weighted by atomic mass is 16.5. The summed E-state index contributed by atoms with van der Waals surface area (Å²) >= 11 is 0. The molecule has 2 rings (SSSR count). The number of pyridine rings is 1. The van der Waals surface area contributed by atoms with E-state index in [1.165, 1.54) is 6.20 Å². The van der Waals surface area contributed by atoms with E-state index in [9.17, 15) is 4.79 Å². The molecule has 2 aromatic rings. The molecule has 1 heterocycles. The van der Waals surface area contributed by atoms with E-state index in [-0.39, 0.29) is 11.4 Å². The molecule has 19 heavy (non-hydrogen) atoms. The zero-order valence-corrected chi connectivity index (χ0v) is 10.2. The van der Waals surface area contributed by atoms with Crippen molar-refractivity contribution in [3.63, 3.8) is 0 Å². The van der Waals surface area contributed by atoms with Gasteiger partial charge in [0.1, 0.15) is 6.61 Å². The van der Waals surface area contributed by atoms with E-state index in [2.05, 4.69) is 4.98 Å². The maximum atomic E-state index is 10.9. The van der Waals surface area contributed by atoms with Gasteiger partial charge in [0.25, 0.3) is 0 Å². The van der Waals surface area contributed by atoms with E-state index in [0.29, 0.717) is 6.61 Å². The van der Waals surface area contributed by atoms with Gasteiger partial charge >= 0.3 is 5.97 Å². The van der Waals surface area contributed by atoms with Gasteiger partial charge in [-0.3, -0.25) is 0 Å². The van der Waals surface area contributed by atoms with Crippen LogP contribution in [0, 0.1) is 0 Å². The van der Waals surface area contributed by atoms with Crippen LogP contribution >= 0.6 is 0 Å². The van der Waals surface area contributed by atoms with Crippen molar-refractivity contribution in [2.75, 3.05) is 6.61 Å². The summed E-state index contributed by atoms with van der Waals surface area (Å²) in [5.74, 6) is -0.824. The van der Waals surface area contributed by atoms with Gasteiger partial charge in [0.05, 0.1) is 0 Å². The molecule has 0 atom stereocenters. The third kappa shape index (κ3) is 3.67. The zero-order valence-electron chi connectivity index (χ0n) is 10.2. The van der Waals surface area contributed by atoms with Crippen molar-refractivity contribution in [3.05, 3.63) is 66.0 Å². The van der Waals surface area contributed by atoms with E-state index < -0.39 is 5.97 Å². The fourth-order valence-electron chi connectivity index (χ4n) is 1.55. The van der Waals surface area contributed by atoms with Crippen LogP contribution < -0.4 is 4.74 Å². The van der Waals surface area contributed by atoms with Gasteiger partial charge in [-0.1, -0.05) is 36.4 Å². The molecule has 0 spiro atoms. The number of carbonyl (C=O) groups is 1. The Bertz CT molecular complexity index is 579. The minimum atomic E-state index is -1.09. The number of aromatic carboxylic acids is 1. The molecule has 0 amide bonds. The van der Waals surface area contributed by atoms with E-state index >= 15 is 0 Å². The number of rotatable bonds is 5. The first kappa shape index (κ1) is 12.8. The number of hydrogen-bond donors (Lipinski definition) is 1. The van der Waals surface area contributed by atoms with Crippen LogP contribution in [0.1, 0.15) is 16.1 Å². The molecule has 0 aliphatic heterocycles. The van der Waals surface area contributed by atoms with Crippen molar-refractivity contribution in [2.24, 2.45) is 0 Å². The van der Waals surface area contributed by atoms with Crippen LogP contribution in [0.4, 0.5) is 0 Å². The minimum Gasteiger partial charge on any atom is -0.487 e. The van der Waals surface area contributed by atoms with Crippen LogP contribution in [0.2, 0.25) is 0 Å². The molecule has 0 saturated heterocycles. The van der Waals surface area contributed by atoms with E-state index in [1.807, 2.05) is 42.5 Å². The van der Waals surface area contributed by atoms with Gasteiger partial charge in [-0.25, -0.2) is 9.78 Å². The first-order chi connectivity index (χ1) is 9.27. The molecule has 4 heteroatoms. The molecule has 0 bridgehead atoms. The highest BCUT2D eigenvalue weighted by Gasteiger charge is 2.11. The first-order valence-corrected chi connectivity index (χ1v) is 5.80. The number of hydrogen-bond acceptors (Lipinski definition) is 3. The molecule has 96 valence electrons. The second-order valence-electron chi connectivity index (χ2n) is 3.78. The molecule has 0 unspecified atom stereocenters. The van der Waals surface area contributed by atoms with Gasteiger partial charge in [0, 0.05) is 6.20 Å². The topological polar surface area (TPSA) is 59.4 Å². The van der Waals surface area contributed by atoms with Crippen LogP contribution in [0.3, 0.4) is 0 Å². The van der Waals surface area contributed by atoms with Crippen LogP contribution in [-0.4, -0.2) is 22.7 Å². The monoisotopic (exact) mass is 255 g/mol. The third-order valence-corrected chi connectivity index (χ3v) is 2.42. The number of carboxylic acids is 1. The van der Waals surface area contributed by atoms with E-state index in [4.69, 9.17) is 9.84 Å². The Labute approximate surface area is 111 Å². The summed E-state index contributed by atoms with van der Waals surface area (Å²) in [4.78, 5) is 14.7. The maximum Gasteiger partial charge on any atom is 0.358 e. The molecule has 0 aliphatic carbocycles. The van der Waals surface area contributed by atoms with Crippen molar-refractivity contribution in [3.8, 4) is 5.75 Å². The zero-order chi connectivity index (χ0) is 13.5. The van der Waals surface area contributed by atoms with E-state index in [0.717, 1.165) is 5.56 Å². The number of carboxylic acid groups (broad SMARTS) is 1. The minimum absolute atomic E-state index is 0.0735. The van der Waals surface area contributed by atoms with Gasteiger partial charge in [-0.15, -0.1) is 0 Å². The third-order valence-electron chi connectivity index (χ3n) is 2.42. The Morgan fingerprint density at radius 3 is 2.74 bits per heavy atom. The summed E-state index contributed by atoms with van der Waals surface area (Å²) in [6.07, 6.45) is 5.17.